The van der Waals surface area contributed by atoms with Gasteiger partial charge in [0.1, 0.15) is 17.0 Å². The van der Waals surface area contributed by atoms with Gasteiger partial charge >= 0.3 is 0 Å². The van der Waals surface area contributed by atoms with Gasteiger partial charge in [-0.15, -0.1) is 0 Å². The molecule has 0 aromatic heterocycles. The molecule has 0 aliphatic carbocycles. The molecule has 1 rings (SSSR count). The molecule has 2 nitrogen and oxygen atoms in total. The number of allylic oxidation sites excluding steroid dienone is 3. The molecule has 0 radical (unpaired) electrons. The Labute approximate surface area is 66.6 Å². The van der Waals surface area contributed by atoms with Crippen molar-refractivity contribution in [2.45, 2.75) is 0 Å². The van der Waals surface area contributed by atoms with Crippen LogP contribution in [0.15, 0.2) is 22.0 Å². The summed E-state index contributed by atoms with van der Waals surface area (Å²) in [5, 5.41) is 18.7. The zero-order valence-corrected chi connectivity index (χ0v) is 6.50. The van der Waals surface area contributed by atoms with Crippen molar-refractivity contribution in [2.75, 3.05) is 0 Å². The summed E-state index contributed by atoms with van der Waals surface area (Å²) in [6.07, 6.45) is 1.65. The quantitative estimate of drug-likeness (QED) is 0.517. The Morgan fingerprint density at radius 2 is 2.10 bits per heavy atom. The van der Waals surface area contributed by atoms with Crippen LogP contribution in [-0.4, -0.2) is 0 Å². The Hall–Kier alpha value is -0.840. The molecule has 0 fully saturated rings. The maximum absolute atomic E-state index is 8.47. The molecular weight excluding hydrogens is 164 g/mol. The molecule has 0 amide bonds. The van der Waals surface area contributed by atoms with Crippen molar-refractivity contribution >= 4 is 21.6 Å². The van der Waals surface area contributed by atoms with Crippen LogP contribution in [0.1, 0.15) is 0 Å². The van der Waals surface area contributed by atoms with Gasteiger partial charge in [-0.1, -0.05) is 10.8 Å². The molecular formula is C6H2N2S2. The van der Waals surface area contributed by atoms with Crippen molar-refractivity contribution in [3.05, 3.63) is 22.0 Å². The Morgan fingerprint density at radius 1 is 1.30 bits per heavy atom. The van der Waals surface area contributed by atoms with Gasteiger partial charge in [0.2, 0.25) is 0 Å². The van der Waals surface area contributed by atoms with E-state index in [1.54, 1.807) is 11.5 Å². The maximum Gasteiger partial charge on any atom is 0.114 e. The summed E-state index contributed by atoms with van der Waals surface area (Å²) in [7, 11) is 2.77. The summed E-state index contributed by atoms with van der Waals surface area (Å²) in [6, 6.07) is 3.89. The summed E-state index contributed by atoms with van der Waals surface area (Å²) in [6.45, 7) is 0. The smallest absolute Gasteiger partial charge is 0.114 e. The Balaban J connectivity index is 3.01. The third-order valence-corrected chi connectivity index (χ3v) is 2.83. The monoisotopic (exact) mass is 166 g/mol. The molecule has 1 aliphatic heterocycles. The Morgan fingerprint density at radius 3 is 2.60 bits per heavy atom. The van der Waals surface area contributed by atoms with Gasteiger partial charge in [0, 0.05) is 0 Å². The predicted molar refractivity (Wildman–Crippen MR) is 42.6 cm³/mol. The summed E-state index contributed by atoms with van der Waals surface area (Å²) < 4.78 is 0. The number of nitrogens with zero attached hydrogens (tertiary/aromatic N) is 2. The number of hydrogen-bond acceptors (Lipinski definition) is 4. The third kappa shape index (κ3) is 1.36. The van der Waals surface area contributed by atoms with Gasteiger partial charge < -0.3 is 0 Å². The minimum absolute atomic E-state index is 0.464. The van der Waals surface area contributed by atoms with E-state index >= 15 is 0 Å². The van der Waals surface area contributed by atoms with Crippen LogP contribution in [0, 0.1) is 22.7 Å². The first kappa shape index (κ1) is 7.27. The van der Waals surface area contributed by atoms with Gasteiger partial charge in [-0.3, -0.25) is 0 Å². The molecule has 0 unspecified atom stereocenters. The van der Waals surface area contributed by atoms with E-state index < -0.39 is 0 Å². The molecule has 0 saturated heterocycles. The highest BCUT2D eigenvalue weighted by Crippen LogP contribution is 2.36. The SMILES string of the molecule is N#CC1=C(C#N)SSC=C1. The first-order valence-corrected chi connectivity index (χ1v) is 4.64. The normalized spacial score (nSPS) is 16.2. The topological polar surface area (TPSA) is 47.6 Å². The summed E-state index contributed by atoms with van der Waals surface area (Å²) in [5.41, 5.74) is 0.464. The lowest BCUT2D eigenvalue weighted by Crippen LogP contribution is -1.80. The highest BCUT2D eigenvalue weighted by atomic mass is 33.1. The van der Waals surface area contributed by atoms with E-state index in [2.05, 4.69) is 0 Å². The Kier molecular flexibility index (Phi) is 2.44. The van der Waals surface area contributed by atoms with E-state index in [1.165, 1.54) is 21.6 Å². The van der Waals surface area contributed by atoms with Crippen LogP contribution in [0.4, 0.5) is 0 Å². The van der Waals surface area contributed by atoms with Gasteiger partial charge in [0.15, 0.2) is 0 Å². The van der Waals surface area contributed by atoms with Gasteiger partial charge in [-0.25, -0.2) is 0 Å². The van der Waals surface area contributed by atoms with Crippen molar-refractivity contribution in [1.82, 2.24) is 0 Å². The fourth-order valence-corrected chi connectivity index (χ4v) is 2.05. The molecule has 0 aromatic rings. The van der Waals surface area contributed by atoms with Gasteiger partial charge in [-0.2, -0.15) is 10.5 Å². The number of hydrogen-bond donors (Lipinski definition) is 0. The van der Waals surface area contributed by atoms with E-state index in [-0.39, 0.29) is 0 Å². The Bertz CT molecular complexity index is 277. The lowest BCUT2D eigenvalue weighted by Gasteiger charge is -1.99. The summed E-state index contributed by atoms with van der Waals surface area (Å²) in [5.74, 6) is 0. The van der Waals surface area contributed by atoms with Crippen molar-refractivity contribution in [3.63, 3.8) is 0 Å². The third-order valence-electron chi connectivity index (χ3n) is 0.888. The molecule has 0 saturated carbocycles. The van der Waals surface area contributed by atoms with Crippen molar-refractivity contribution in [2.24, 2.45) is 0 Å². The van der Waals surface area contributed by atoms with Crippen molar-refractivity contribution in [3.8, 4) is 12.1 Å². The van der Waals surface area contributed by atoms with Crippen LogP contribution in [0.3, 0.4) is 0 Å². The average Bonchev–Trinajstić information content (AvgIpc) is 2.04. The van der Waals surface area contributed by atoms with E-state index in [9.17, 15) is 0 Å². The zero-order valence-electron chi connectivity index (χ0n) is 4.87. The largest absolute Gasteiger partial charge is 0.192 e. The van der Waals surface area contributed by atoms with Crippen LogP contribution >= 0.6 is 21.6 Å². The summed E-state index contributed by atoms with van der Waals surface area (Å²) in [4.78, 5) is 0.495. The maximum atomic E-state index is 8.47. The van der Waals surface area contributed by atoms with E-state index in [0.717, 1.165) is 0 Å². The second kappa shape index (κ2) is 3.36. The lowest BCUT2D eigenvalue weighted by molar-refractivity contribution is 1.48. The highest BCUT2D eigenvalue weighted by Gasteiger charge is 2.07. The van der Waals surface area contributed by atoms with Crippen LogP contribution in [0.2, 0.25) is 0 Å². The highest BCUT2D eigenvalue weighted by molar-refractivity contribution is 8.79. The van der Waals surface area contributed by atoms with Crippen LogP contribution in [0.25, 0.3) is 0 Å². The van der Waals surface area contributed by atoms with Crippen LogP contribution in [-0.2, 0) is 0 Å². The fraction of sp³-hybridized carbons (Fsp3) is 0. The average molecular weight is 166 g/mol. The minimum Gasteiger partial charge on any atom is -0.192 e. The number of rotatable bonds is 0. The molecule has 1 heterocycles. The molecule has 1 aliphatic rings. The molecule has 48 valence electrons. The predicted octanol–water partition coefficient (Wildman–Crippen LogP) is 2.20. The number of nitriles is 2. The molecule has 10 heavy (non-hydrogen) atoms. The minimum atomic E-state index is 0.464. The second-order valence-corrected chi connectivity index (χ2v) is 3.57. The van der Waals surface area contributed by atoms with Gasteiger partial charge in [0.25, 0.3) is 0 Å². The fourth-order valence-electron chi connectivity index (χ4n) is 0.459. The van der Waals surface area contributed by atoms with E-state index in [4.69, 9.17) is 10.5 Å². The molecule has 0 N–H and O–H groups in total. The molecule has 0 spiro atoms. The van der Waals surface area contributed by atoms with Gasteiger partial charge in [0.05, 0.1) is 5.57 Å². The van der Waals surface area contributed by atoms with Crippen molar-refractivity contribution in [1.29, 1.82) is 10.5 Å². The summed E-state index contributed by atoms with van der Waals surface area (Å²) >= 11 is 0. The lowest BCUT2D eigenvalue weighted by atomic mass is 10.3. The van der Waals surface area contributed by atoms with E-state index in [0.29, 0.717) is 10.5 Å². The molecule has 0 bridgehead atoms. The molecule has 0 atom stereocenters. The second-order valence-electron chi connectivity index (χ2n) is 1.45. The zero-order chi connectivity index (χ0) is 7.40. The standard InChI is InChI=1S/C6H2N2S2/c7-3-5-1-2-9-10-6(5)4-8/h1-2H. The first-order valence-electron chi connectivity index (χ1n) is 2.43. The first-order chi connectivity index (χ1) is 4.88. The van der Waals surface area contributed by atoms with Gasteiger partial charge in [-0.05, 0) is 22.3 Å². The van der Waals surface area contributed by atoms with Crippen LogP contribution in [0.5, 0.6) is 0 Å². The van der Waals surface area contributed by atoms with Crippen LogP contribution < -0.4 is 0 Å². The van der Waals surface area contributed by atoms with E-state index in [1.807, 2.05) is 12.1 Å². The molecule has 4 heteroatoms. The molecule has 0 aromatic carbocycles. The van der Waals surface area contributed by atoms with Crippen molar-refractivity contribution < 1.29 is 0 Å².